The van der Waals surface area contributed by atoms with Crippen LogP contribution in [0.2, 0.25) is 0 Å². The predicted octanol–water partition coefficient (Wildman–Crippen LogP) is -7.46. The number of amides is 3. The number of quaternary nitrogens is 1. The molecule has 0 saturated carbocycles. The van der Waals surface area contributed by atoms with Gasteiger partial charge in [0.15, 0.2) is 6.04 Å². The lowest BCUT2D eigenvalue weighted by molar-refractivity contribution is -0.568. The fraction of sp³-hybridized carbons (Fsp3) is 0.600. The molecule has 4 nitrogen and oxygen atoms in total. The third-order valence-electron chi connectivity index (χ3n) is 1.44. The molecule has 0 radical (unpaired) electrons. The number of primary amides is 1. The molecule has 66 valence electrons. The number of hydrogen-bond acceptors (Lipinski definition) is 2. The molecule has 1 heterocycles. The van der Waals surface area contributed by atoms with E-state index in [1.807, 2.05) is 0 Å². The van der Waals surface area contributed by atoms with Crippen molar-refractivity contribution in [3.63, 3.8) is 0 Å². The Kier molecular flexibility index (Phi) is 5.74. The van der Waals surface area contributed by atoms with Crippen LogP contribution in [-0.2, 0) is 4.79 Å². The lowest BCUT2D eigenvalue weighted by atomic mass is 10.3. The summed E-state index contributed by atoms with van der Waals surface area (Å²) >= 11 is 0. The van der Waals surface area contributed by atoms with Gasteiger partial charge in [0.05, 0.1) is 0 Å². The SMILES string of the molecule is CC1[NH2+]C(=O)N(C)C1=O.[Br-].[Cl-]. The molecule has 0 aromatic heterocycles. The number of nitrogens with two attached hydrogens (primary N) is 1. The zero-order valence-electron chi connectivity index (χ0n) is 6.17. The van der Waals surface area contributed by atoms with Crippen LogP contribution in [0.3, 0.4) is 0 Å². The molecule has 2 N–H and O–H groups in total. The minimum absolute atomic E-state index is 0. The number of carbonyl (C=O) groups excluding carboxylic acids is 2. The predicted molar refractivity (Wildman–Crippen MR) is 29.6 cm³/mol. The molecule has 1 aliphatic rings. The molecule has 1 unspecified atom stereocenters. The average Bonchev–Trinajstić information content (AvgIpc) is 1.98. The van der Waals surface area contributed by atoms with Gasteiger partial charge in [-0.15, -0.1) is 0 Å². The molecule has 1 saturated heterocycles. The van der Waals surface area contributed by atoms with E-state index in [1.165, 1.54) is 12.4 Å². The molecule has 3 amide bonds. The van der Waals surface area contributed by atoms with E-state index in [2.05, 4.69) is 0 Å². The summed E-state index contributed by atoms with van der Waals surface area (Å²) in [4.78, 5) is 22.6. The molecule has 0 spiro atoms. The average molecular weight is 244 g/mol. The van der Waals surface area contributed by atoms with E-state index >= 15 is 0 Å². The zero-order valence-corrected chi connectivity index (χ0v) is 8.52. The third-order valence-corrected chi connectivity index (χ3v) is 1.44. The van der Waals surface area contributed by atoms with Crippen LogP contribution in [0.1, 0.15) is 6.92 Å². The van der Waals surface area contributed by atoms with Gasteiger partial charge in [0.1, 0.15) is 0 Å². The number of urea groups is 1. The van der Waals surface area contributed by atoms with Crippen molar-refractivity contribution in [3.05, 3.63) is 0 Å². The number of likely N-dealkylation sites (N-methyl/N-ethyl adjacent to an activating group) is 1. The van der Waals surface area contributed by atoms with Gasteiger partial charge in [0, 0.05) is 7.05 Å². The van der Waals surface area contributed by atoms with Gasteiger partial charge >= 0.3 is 6.03 Å². The Bertz CT molecular complexity index is 176. The topological polar surface area (TPSA) is 54.0 Å². The second-order valence-corrected chi connectivity index (χ2v) is 2.19. The highest BCUT2D eigenvalue weighted by Gasteiger charge is 2.36. The van der Waals surface area contributed by atoms with Crippen molar-refractivity contribution in [2.75, 3.05) is 7.05 Å². The Morgan fingerprint density at radius 3 is 2.00 bits per heavy atom. The Morgan fingerprint density at radius 2 is 1.91 bits per heavy atom. The summed E-state index contributed by atoms with van der Waals surface area (Å²) in [6.07, 6.45) is 0. The van der Waals surface area contributed by atoms with Gasteiger partial charge in [-0.2, -0.15) is 0 Å². The minimum Gasteiger partial charge on any atom is -1.00 e. The first kappa shape index (κ1) is 13.5. The Balaban J connectivity index is 0. The molecule has 0 aliphatic carbocycles. The number of rotatable bonds is 0. The summed E-state index contributed by atoms with van der Waals surface area (Å²) in [6.45, 7) is 1.71. The maximum Gasteiger partial charge on any atom is 0.423 e. The largest absolute Gasteiger partial charge is 1.00 e. The lowest BCUT2D eigenvalue weighted by Gasteiger charge is -1.96. The number of hydrogen-bond donors (Lipinski definition) is 1. The van der Waals surface area contributed by atoms with Crippen LogP contribution in [0.4, 0.5) is 4.79 Å². The summed E-state index contributed by atoms with van der Waals surface area (Å²) in [7, 11) is 1.49. The Morgan fingerprint density at radius 1 is 1.45 bits per heavy atom. The van der Waals surface area contributed by atoms with Crippen molar-refractivity contribution in [2.45, 2.75) is 13.0 Å². The van der Waals surface area contributed by atoms with E-state index in [-0.39, 0.29) is 47.4 Å². The normalized spacial score (nSPS) is 22.7. The molecule has 11 heavy (non-hydrogen) atoms. The molecule has 0 aromatic rings. The van der Waals surface area contributed by atoms with Crippen LogP contribution in [0.15, 0.2) is 0 Å². The van der Waals surface area contributed by atoms with Gasteiger partial charge in [0.2, 0.25) is 0 Å². The highest BCUT2D eigenvalue weighted by atomic mass is 79.9. The van der Waals surface area contributed by atoms with Crippen molar-refractivity contribution in [1.82, 2.24) is 4.90 Å². The monoisotopic (exact) mass is 243 g/mol. The summed E-state index contributed by atoms with van der Waals surface area (Å²) in [5, 5.41) is 1.42. The number of nitrogens with zero attached hydrogens (tertiary/aromatic N) is 1. The molecule has 1 rings (SSSR count). The molecule has 1 atom stereocenters. The molecule has 0 bridgehead atoms. The van der Waals surface area contributed by atoms with Gasteiger partial charge in [-0.3, -0.25) is 10.1 Å². The summed E-state index contributed by atoms with van der Waals surface area (Å²) in [5.41, 5.74) is 0. The van der Waals surface area contributed by atoms with Crippen LogP contribution >= 0.6 is 0 Å². The Labute approximate surface area is 81.5 Å². The molecular weight excluding hydrogens is 235 g/mol. The number of imide groups is 1. The Hall–Kier alpha value is -0.130. The number of halogens is 2. The fourth-order valence-corrected chi connectivity index (χ4v) is 0.811. The maximum absolute atomic E-state index is 10.8. The molecule has 1 fully saturated rings. The maximum atomic E-state index is 10.8. The molecule has 6 heteroatoms. The van der Waals surface area contributed by atoms with Crippen molar-refractivity contribution < 1.29 is 44.3 Å². The summed E-state index contributed by atoms with van der Waals surface area (Å²) < 4.78 is 0. The van der Waals surface area contributed by atoms with E-state index in [1.54, 1.807) is 6.92 Å². The van der Waals surface area contributed by atoms with Gasteiger partial charge in [-0.1, -0.05) is 0 Å². The zero-order chi connectivity index (χ0) is 7.02. The third kappa shape index (κ3) is 2.43. The molecule has 0 aromatic carbocycles. The van der Waals surface area contributed by atoms with Crippen LogP contribution in [0.5, 0.6) is 0 Å². The lowest BCUT2D eigenvalue weighted by Crippen LogP contribution is -3.00. The van der Waals surface area contributed by atoms with Crippen LogP contribution < -0.4 is 34.7 Å². The fourth-order valence-electron chi connectivity index (χ4n) is 0.811. The van der Waals surface area contributed by atoms with Crippen molar-refractivity contribution in [2.24, 2.45) is 0 Å². The first-order chi connectivity index (χ1) is 4.13. The number of carbonyl (C=O) groups is 2. The van der Waals surface area contributed by atoms with Crippen LogP contribution in [-0.4, -0.2) is 29.9 Å². The van der Waals surface area contributed by atoms with Crippen LogP contribution in [0, 0.1) is 0 Å². The van der Waals surface area contributed by atoms with Crippen molar-refractivity contribution in [3.8, 4) is 0 Å². The van der Waals surface area contributed by atoms with Crippen molar-refractivity contribution >= 4 is 11.9 Å². The summed E-state index contributed by atoms with van der Waals surface area (Å²) in [6, 6.07) is -0.407. The van der Waals surface area contributed by atoms with E-state index in [0.717, 1.165) is 4.90 Å². The highest BCUT2D eigenvalue weighted by Crippen LogP contribution is 1.92. The van der Waals surface area contributed by atoms with E-state index < -0.39 is 0 Å². The van der Waals surface area contributed by atoms with E-state index in [0.29, 0.717) is 0 Å². The van der Waals surface area contributed by atoms with Gasteiger partial charge in [-0.05, 0) is 6.92 Å². The second-order valence-electron chi connectivity index (χ2n) is 2.19. The molecular formula is C5H9BrClN2O2-. The van der Waals surface area contributed by atoms with Gasteiger partial charge in [0.25, 0.3) is 5.91 Å². The first-order valence-corrected chi connectivity index (χ1v) is 2.79. The van der Waals surface area contributed by atoms with Gasteiger partial charge < -0.3 is 29.4 Å². The van der Waals surface area contributed by atoms with Crippen molar-refractivity contribution in [1.29, 1.82) is 0 Å². The standard InChI is InChI=1S/C5H8N2O2.BrH.ClH/c1-3-4(8)7(2)5(9)6-3;;/h3H,1-2H3,(H,6,9);2*1H/p-1. The van der Waals surface area contributed by atoms with E-state index in [4.69, 9.17) is 0 Å². The second kappa shape index (κ2) is 4.69. The quantitative estimate of drug-likeness (QED) is 0.431. The van der Waals surface area contributed by atoms with Crippen LogP contribution in [0.25, 0.3) is 0 Å². The molecule has 1 aliphatic heterocycles. The smallest absolute Gasteiger partial charge is 0.423 e. The summed E-state index contributed by atoms with van der Waals surface area (Å²) in [5.74, 6) is -0.111. The minimum atomic E-state index is -0.220. The van der Waals surface area contributed by atoms with E-state index in [9.17, 15) is 9.59 Å². The highest BCUT2D eigenvalue weighted by molar-refractivity contribution is 5.96. The van der Waals surface area contributed by atoms with Gasteiger partial charge in [-0.25, -0.2) is 9.69 Å². The first-order valence-electron chi connectivity index (χ1n) is 2.79.